The zero-order valence-electron chi connectivity index (χ0n) is 18.4. The Bertz CT molecular complexity index is 1470. The summed E-state index contributed by atoms with van der Waals surface area (Å²) in [6.45, 7) is 3.19. The first-order chi connectivity index (χ1) is 15.9. The number of hydrogen-bond donors (Lipinski definition) is 1. The molecule has 1 aliphatic rings. The summed E-state index contributed by atoms with van der Waals surface area (Å²) >= 11 is 0. The van der Waals surface area contributed by atoms with Crippen LogP contribution in [0.25, 0.3) is 21.9 Å². The Morgan fingerprint density at radius 1 is 1.03 bits per heavy atom. The summed E-state index contributed by atoms with van der Waals surface area (Å²) in [6.07, 6.45) is 5.26. The molecule has 1 N–H and O–H groups in total. The fourth-order valence-corrected chi connectivity index (χ4v) is 4.21. The van der Waals surface area contributed by atoms with Crippen LogP contribution in [0.1, 0.15) is 25.3 Å². The number of esters is 2. The fourth-order valence-electron chi connectivity index (χ4n) is 4.21. The second-order valence-electron chi connectivity index (χ2n) is 7.56. The Morgan fingerprint density at radius 3 is 2.39 bits per heavy atom. The molecule has 7 heteroatoms. The third-order valence-corrected chi connectivity index (χ3v) is 5.62. The molecule has 0 fully saturated rings. The molecule has 33 heavy (non-hydrogen) atoms. The van der Waals surface area contributed by atoms with Crippen molar-refractivity contribution >= 4 is 33.9 Å². The molecule has 0 aliphatic carbocycles. The van der Waals surface area contributed by atoms with E-state index in [2.05, 4.69) is 11.2 Å². The monoisotopic (exact) mass is 443 g/mol. The van der Waals surface area contributed by atoms with Crippen LogP contribution in [0.4, 0.5) is 0 Å². The van der Waals surface area contributed by atoms with Crippen LogP contribution in [0.15, 0.2) is 74.2 Å². The summed E-state index contributed by atoms with van der Waals surface area (Å²) in [5, 5.41) is 3.83. The summed E-state index contributed by atoms with van der Waals surface area (Å²) in [6, 6.07) is 12.0. The number of fused-ring (bicyclic) bond motifs is 2. The lowest BCUT2D eigenvalue weighted by Gasteiger charge is -2.30. The topological polar surface area (TPSA) is 94.8 Å². The Kier molecular flexibility index (Phi) is 5.76. The van der Waals surface area contributed by atoms with Gasteiger partial charge in [-0.15, -0.1) is 6.42 Å². The standard InChI is InChI=1S/C26H21NO6/c1-5-13-32-26(30)21-15(3)27-14(2)20(25(29)31-4)22(21)17-10-8-11-18-23(28)16-9-6-7-12-19(16)33-24(17)18/h1,6-12,22,27H,13H2,2-4H3. The van der Waals surface area contributed by atoms with Gasteiger partial charge >= 0.3 is 11.9 Å². The largest absolute Gasteiger partial charge is 0.466 e. The minimum atomic E-state index is -0.906. The number of nitrogens with one attached hydrogen (secondary N) is 1. The summed E-state index contributed by atoms with van der Waals surface area (Å²) in [7, 11) is 1.26. The van der Waals surface area contributed by atoms with Gasteiger partial charge in [0.15, 0.2) is 6.61 Å². The van der Waals surface area contributed by atoms with Crippen LogP contribution < -0.4 is 10.7 Å². The van der Waals surface area contributed by atoms with E-state index in [-0.39, 0.29) is 28.8 Å². The molecule has 2 heterocycles. The molecule has 7 nitrogen and oxygen atoms in total. The normalized spacial score (nSPS) is 15.9. The highest BCUT2D eigenvalue weighted by molar-refractivity contribution is 6.02. The number of ether oxygens (including phenoxy) is 2. The Hall–Kier alpha value is -4.31. The molecule has 0 saturated heterocycles. The van der Waals surface area contributed by atoms with Crippen molar-refractivity contribution in [3.8, 4) is 12.3 Å². The van der Waals surface area contributed by atoms with E-state index in [4.69, 9.17) is 20.3 Å². The molecule has 3 aromatic rings. The minimum absolute atomic E-state index is 0.180. The van der Waals surface area contributed by atoms with E-state index >= 15 is 0 Å². The summed E-state index contributed by atoms with van der Waals surface area (Å²) < 4.78 is 16.4. The maximum Gasteiger partial charge on any atom is 0.337 e. The highest BCUT2D eigenvalue weighted by Crippen LogP contribution is 2.41. The average Bonchev–Trinajstić information content (AvgIpc) is 2.81. The maximum absolute atomic E-state index is 13.2. The van der Waals surface area contributed by atoms with Gasteiger partial charge in [-0.2, -0.15) is 0 Å². The van der Waals surface area contributed by atoms with E-state index in [1.807, 2.05) is 0 Å². The Balaban J connectivity index is 2.06. The first-order valence-electron chi connectivity index (χ1n) is 10.2. The van der Waals surface area contributed by atoms with E-state index in [1.165, 1.54) is 7.11 Å². The first-order valence-corrected chi connectivity index (χ1v) is 10.2. The number of benzene rings is 2. The summed E-state index contributed by atoms with van der Waals surface area (Å²) in [5.74, 6) is 0.0547. The molecule has 2 aromatic carbocycles. The van der Waals surface area contributed by atoms with Gasteiger partial charge < -0.3 is 19.2 Å². The zero-order valence-corrected chi connectivity index (χ0v) is 18.4. The Morgan fingerprint density at radius 2 is 1.70 bits per heavy atom. The van der Waals surface area contributed by atoms with Crippen molar-refractivity contribution in [3.05, 3.63) is 80.8 Å². The van der Waals surface area contributed by atoms with E-state index in [0.717, 1.165) is 0 Å². The first kappa shape index (κ1) is 21.9. The molecule has 1 unspecified atom stereocenters. The van der Waals surface area contributed by atoms with Crippen molar-refractivity contribution in [2.45, 2.75) is 19.8 Å². The second kappa shape index (κ2) is 8.67. The molecule has 1 aliphatic heterocycles. The van der Waals surface area contributed by atoms with Gasteiger partial charge in [-0.05, 0) is 32.0 Å². The number of terminal acetylenes is 1. The smallest absolute Gasteiger partial charge is 0.337 e. The van der Waals surface area contributed by atoms with Crippen LogP contribution in [-0.4, -0.2) is 25.7 Å². The second-order valence-corrected chi connectivity index (χ2v) is 7.56. The minimum Gasteiger partial charge on any atom is -0.466 e. The number of hydrogen-bond acceptors (Lipinski definition) is 7. The molecule has 0 saturated carbocycles. The van der Waals surface area contributed by atoms with Crippen molar-refractivity contribution in [2.24, 2.45) is 0 Å². The SMILES string of the molecule is C#CCOC(=O)C1=C(C)NC(C)=C(C(=O)OC)C1c1cccc2c(=O)c3ccccc3oc12. The summed E-state index contributed by atoms with van der Waals surface area (Å²) in [5.41, 5.74) is 2.32. The van der Waals surface area contributed by atoms with Crippen molar-refractivity contribution in [2.75, 3.05) is 13.7 Å². The zero-order chi connectivity index (χ0) is 23.7. The molecule has 1 atom stereocenters. The lowest BCUT2D eigenvalue weighted by atomic mass is 9.79. The number of dihydropyridines is 1. The van der Waals surface area contributed by atoms with Crippen LogP contribution in [0, 0.1) is 12.3 Å². The molecule has 166 valence electrons. The van der Waals surface area contributed by atoms with E-state index in [0.29, 0.717) is 33.3 Å². The molecule has 0 radical (unpaired) electrons. The van der Waals surface area contributed by atoms with Crippen molar-refractivity contribution in [1.82, 2.24) is 5.32 Å². The summed E-state index contributed by atoms with van der Waals surface area (Å²) in [4.78, 5) is 39.1. The van der Waals surface area contributed by atoms with E-state index in [1.54, 1.807) is 56.3 Å². The molecule has 0 spiro atoms. The van der Waals surface area contributed by atoms with Gasteiger partial charge in [0.1, 0.15) is 11.2 Å². The van der Waals surface area contributed by atoms with Crippen molar-refractivity contribution < 1.29 is 23.5 Å². The van der Waals surface area contributed by atoms with Gasteiger partial charge in [-0.3, -0.25) is 4.79 Å². The third kappa shape index (κ3) is 3.66. The highest BCUT2D eigenvalue weighted by atomic mass is 16.5. The van der Waals surface area contributed by atoms with E-state index in [9.17, 15) is 14.4 Å². The van der Waals surface area contributed by atoms with Crippen LogP contribution in [0.5, 0.6) is 0 Å². The van der Waals surface area contributed by atoms with Gasteiger partial charge in [-0.25, -0.2) is 9.59 Å². The average molecular weight is 443 g/mol. The lowest BCUT2D eigenvalue weighted by Crippen LogP contribution is -2.32. The van der Waals surface area contributed by atoms with Gasteiger partial charge in [0.2, 0.25) is 5.43 Å². The van der Waals surface area contributed by atoms with Crippen molar-refractivity contribution in [3.63, 3.8) is 0 Å². The van der Waals surface area contributed by atoms with Crippen LogP contribution in [-0.2, 0) is 19.1 Å². The van der Waals surface area contributed by atoms with Crippen molar-refractivity contribution in [1.29, 1.82) is 0 Å². The molecule has 0 amide bonds. The van der Waals surface area contributed by atoms with Gasteiger partial charge in [-0.1, -0.05) is 30.2 Å². The van der Waals surface area contributed by atoms with Crippen LogP contribution in [0.2, 0.25) is 0 Å². The van der Waals surface area contributed by atoms with Gasteiger partial charge in [0, 0.05) is 17.0 Å². The fraction of sp³-hybridized carbons (Fsp3) is 0.192. The predicted molar refractivity (Wildman–Crippen MR) is 123 cm³/mol. The number of para-hydroxylation sites is 2. The molecular weight excluding hydrogens is 422 g/mol. The quantitative estimate of drug-likeness (QED) is 0.374. The predicted octanol–water partition coefficient (Wildman–Crippen LogP) is 3.53. The van der Waals surface area contributed by atoms with Gasteiger partial charge in [0.25, 0.3) is 0 Å². The van der Waals surface area contributed by atoms with Gasteiger partial charge in [0.05, 0.1) is 34.9 Å². The van der Waals surface area contributed by atoms with Crippen LogP contribution in [0.3, 0.4) is 0 Å². The number of methoxy groups -OCH3 is 1. The number of carbonyl (C=O) groups is 2. The number of carbonyl (C=O) groups excluding carboxylic acids is 2. The number of allylic oxidation sites excluding steroid dienone is 2. The van der Waals surface area contributed by atoms with Crippen LogP contribution >= 0.6 is 0 Å². The lowest BCUT2D eigenvalue weighted by molar-refractivity contribution is -0.138. The third-order valence-electron chi connectivity index (χ3n) is 5.62. The maximum atomic E-state index is 13.2. The molecule has 4 rings (SSSR count). The molecule has 1 aromatic heterocycles. The Labute approximate surface area is 189 Å². The number of rotatable bonds is 4. The molecule has 0 bridgehead atoms. The molecular formula is C26H21NO6. The highest BCUT2D eigenvalue weighted by Gasteiger charge is 2.39. The van der Waals surface area contributed by atoms with E-state index < -0.39 is 17.9 Å².